The first-order valence-electron chi connectivity index (χ1n) is 4.03. The lowest BCUT2D eigenvalue weighted by atomic mass is 10.2. The molecule has 0 aromatic heterocycles. The van der Waals surface area contributed by atoms with Gasteiger partial charge < -0.3 is 0 Å². The van der Waals surface area contributed by atoms with Crippen LogP contribution >= 0.6 is 66.4 Å². The number of amides is 2. The molecule has 1 aromatic carbocycles. The fourth-order valence-electron chi connectivity index (χ4n) is 1.03. The molecule has 0 fully saturated rings. The van der Waals surface area contributed by atoms with Crippen molar-refractivity contribution < 1.29 is 12.7 Å². The van der Waals surface area contributed by atoms with Gasteiger partial charge in [-0.15, -0.1) is 0 Å². The highest BCUT2D eigenvalue weighted by molar-refractivity contribution is 14.2. The average Bonchev–Trinajstić information content (AvgIpc) is 2.15. The molecule has 1 aromatic rings. The molecule has 4 nitrogen and oxygen atoms in total. The maximum absolute atomic E-state index is 11.7. The molecular weight excluding hydrogens is 551 g/mol. The van der Waals surface area contributed by atoms with E-state index in [1.54, 1.807) is 6.07 Å². The van der Waals surface area contributed by atoms with Crippen LogP contribution in [-0.2, 0) is 7.86 Å². The Balaban J connectivity index is 3.25. The summed E-state index contributed by atoms with van der Waals surface area (Å²) in [6.45, 7) is 1.27. The Morgan fingerprint density at radius 1 is 1.31 bits per heavy atom. The Morgan fingerprint density at radius 3 is 2.44 bits per heavy atom. The van der Waals surface area contributed by atoms with E-state index in [0.29, 0.717) is 9.13 Å². The van der Waals surface area contributed by atoms with E-state index >= 15 is 0 Å². The molecule has 0 bridgehead atoms. The second-order valence-corrected chi connectivity index (χ2v) is 6.76. The summed E-state index contributed by atoms with van der Waals surface area (Å²) in [5.41, 5.74) is 0.328. The summed E-state index contributed by atoms with van der Waals surface area (Å²) in [6, 6.07) is 3.48. The van der Waals surface area contributed by atoms with Crippen molar-refractivity contribution in [2.45, 2.75) is 6.92 Å². The van der Waals surface area contributed by atoms with Crippen molar-refractivity contribution in [2.75, 3.05) is 0 Å². The van der Waals surface area contributed by atoms with Gasteiger partial charge in [0.2, 0.25) is 5.91 Å². The molecule has 16 heavy (non-hydrogen) atoms. The molecule has 0 atom stereocenters. The number of hydrogen-bond acceptors (Lipinski definition) is 3. The number of carbonyl (C=O) groups excluding carboxylic acids is 2. The SMILES string of the molecule is CC(=O)NC(=O)c1cc(I)cc(I)c1I=O. The lowest BCUT2D eigenvalue weighted by Gasteiger charge is -2.06. The molecule has 1 rings (SSSR count). The van der Waals surface area contributed by atoms with Gasteiger partial charge in [-0.05, 0) is 57.3 Å². The molecule has 0 heterocycles. The molecule has 0 saturated heterocycles. The van der Waals surface area contributed by atoms with E-state index in [1.165, 1.54) is 6.92 Å². The van der Waals surface area contributed by atoms with Gasteiger partial charge in [0.1, 0.15) is 0 Å². The standard InChI is InChI=1S/C9H6I3NO3/c1-4(14)13-9(15)6-2-5(10)3-7(11)8(6)12-16/h2-3H,1H3,(H,13,14,15). The van der Waals surface area contributed by atoms with Crippen molar-refractivity contribution >= 4 is 78.2 Å². The molecule has 0 aliphatic heterocycles. The van der Waals surface area contributed by atoms with Crippen LogP contribution < -0.4 is 5.32 Å². The molecule has 1 N–H and O–H groups in total. The highest BCUT2D eigenvalue weighted by Gasteiger charge is 2.16. The summed E-state index contributed by atoms with van der Waals surface area (Å²) in [7, 11) is 0. The Bertz CT molecular complexity index is 473. The van der Waals surface area contributed by atoms with Crippen LogP contribution in [0.5, 0.6) is 0 Å². The van der Waals surface area contributed by atoms with Gasteiger partial charge in [0.05, 0.1) is 9.13 Å². The van der Waals surface area contributed by atoms with Gasteiger partial charge in [0.15, 0.2) is 21.2 Å². The van der Waals surface area contributed by atoms with Crippen LogP contribution in [-0.4, -0.2) is 11.8 Å². The van der Waals surface area contributed by atoms with Crippen LogP contribution in [0.4, 0.5) is 0 Å². The van der Waals surface area contributed by atoms with Crippen molar-refractivity contribution in [1.29, 1.82) is 0 Å². The second kappa shape index (κ2) is 6.33. The molecule has 0 unspecified atom stereocenters. The molecule has 0 aliphatic rings. The van der Waals surface area contributed by atoms with Crippen molar-refractivity contribution in [1.82, 2.24) is 5.32 Å². The molecule has 0 aliphatic carbocycles. The quantitative estimate of drug-likeness (QED) is 0.450. The number of carbonyl (C=O) groups is 2. The summed E-state index contributed by atoms with van der Waals surface area (Å²) in [5.74, 6) is -0.914. The second-order valence-electron chi connectivity index (χ2n) is 2.84. The Kier molecular flexibility index (Phi) is 5.70. The number of imide groups is 1. The van der Waals surface area contributed by atoms with Crippen molar-refractivity contribution in [3.63, 3.8) is 0 Å². The average molecular weight is 557 g/mol. The number of halogens is 3. The lowest BCUT2D eigenvalue weighted by molar-refractivity contribution is -0.118. The first-order valence-corrected chi connectivity index (χ1v) is 8.15. The zero-order chi connectivity index (χ0) is 12.3. The van der Waals surface area contributed by atoms with Crippen molar-refractivity contribution in [3.8, 4) is 0 Å². The third-order valence-corrected chi connectivity index (χ3v) is 5.71. The van der Waals surface area contributed by atoms with Gasteiger partial charge in [-0.2, -0.15) is 0 Å². The normalized spacial score (nSPS) is 9.94. The molecule has 86 valence electrons. The Morgan fingerprint density at radius 2 is 1.94 bits per heavy atom. The summed E-state index contributed by atoms with van der Waals surface area (Å²) < 4.78 is 13.3. The first-order chi connectivity index (χ1) is 7.45. The highest BCUT2D eigenvalue weighted by Crippen LogP contribution is 2.25. The van der Waals surface area contributed by atoms with Crippen molar-refractivity contribution in [3.05, 3.63) is 28.4 Å². The maximum Gasteiger partial charge on any atom is 0.259 e. The van der Waals surface area contributed by atoms with Crippen LogP contribution in [0.15, 0.2) is 12.1 Å². The van der Waals surface area contributed by atoms with E-state index in [4.69, 9.17) is 0 Å². The van der Waals surface area contributed by atoms with E-state index in [9.17, 15) is 12.7 Å². The predicted octanol–water partition coefficient (Wildman–Crippen LogP) is 2.66. The van der Waals surface area contributed by atoms with Crippen molar-refractivity contribution in [2.24, 2.45) is 0 Å². The first kappa shape index (κ1) is 14.4. The fraction of sp³-hybridized carbons (Fsp3) is 0.111. The van der Waals surface area contributed by atoms with E-state index in [1.807, 2.05) is 28.7 Å². The third kappa shape index (κ3) is 3.68. The molecular formula is C9H6I3NO3. The molecule has 0 spiro atoms. The van der Waals surface area contributed by atoms with Crippen LogP contribution in [0.3, 0.4) is 0 Å². The molecule has 0 saturated carbocycles. The maximum atomic E-state index is 11.7. The van der Waals surface area contributed by atoms with E-state index in [-0.39, 0.29) is 0 Å². The number of hydrogen-bond donors (Lipinski definition) is 1. The minimum Gasteiger partial charge on any atom is -0.293 e. The van der Waals surface area contributed by atoms with Crippen LogP contribution in [0, 0.1) is 10.7 Å². The van der Waals surface area contributed by atoms with Crippen LogP contribution in [0.2, 0.25) is 0 Å². The zero-order valence-corrected chi connectivity index (χ0v) is 14.5. The highest BCUT2D eigenvalue weighted by atomic mass is 127. The minimum atomic E-state index is -1.44. The zero-order valence-electron chi connectivity index (χ0n) is 8.01. The molecule has 2 amide bonds. The Labute approximate surface area is 130 Å². The largest absolute Gasteiger partial charge is 0.293 e. The number of rotatable bonds is 2. The number of benzene rings is 1. The number of nitrogens with one attached hydrogen (secondary N) is 1. The molecule has 0 radical (unpaired) electrons. The summed E-state index contributed by atoms with van der Waals surface area (Å²) >= 11 is 2.67. The van der Waals surface area contributed by atoms with E-state index < -0.39 is 33.0 Å². The van der Waals surface area contributed by atoms with E-state index in [2.05, 4.69) is 27.9 Å². The van der Waals surface area contributed by atoms with E-state index in [0.717, 1.165) is 7.14 Å². The monoisotopic (exact) mass is 557 g/mol. The topological polar surface area (TPSA) is 63.2 Å². The van der Waals surface area contributed by atoms with Gasteiger partial charge in [0, 0.05) is 14.1 Å². The van der Waals surface area contributed by atoms with Crippen LogP contribution in [0.25, 0.3) is 0 Å². The summed E-state index contributed by atoms with van der Waals surface area (Å²) in [4.78, 5) is 22.5. The Hall–Kier alpha value is 0.350. The van der Waals surface area contributed by atoms with Gasteiger partial charge in [-0.25, -0.2) is 0 Å². The van der Waals surface area contributed by atoms with Gasteiger partial charge in [-0.3, -0.25) is 18.0 Å². The predicted molar refractivity (Wildman–Crippen MR) is 83.4 cm³/mol. The van der Waals surface area contributed by atoms with Gasteiger partial charge in [0.25, 0.3) is 5.91 Å². The fourth-order valence-corrected chi connectivity index (χ4v) is 4.43. The van der Waals surface area contributed by atoms with Gasteiger partial charge >= 0.3 is 0 Å². The van der Waals surface area contributed by atoms with Crippen LogP contribution in [0.1, 0.15) is 17.3 Å². The molecule has 7 heteroatoms. The minimum absolute atomic E-state index is 0.328. The summed E-state index contributed by atoms with van der Waals surface area (Å²) in [6.07, 6.45) is 0. The van der Waals surface area contributed by atoms with Gasteiger partial charge in [-0.1, -0.05) is 0 Å². The lowest BCUT2D eigenvalue weighted by Crippen LogP contribution is -2.28. The smallest absolute Gasteiger partial charge is 0.259 e. The third-order valence-electron chi connectivity index (χ3n) is 1.60. The summed E-state index contributed by atoms with van der Waals surface area (Å²) in [5, 5.41) is 2.18.